The van der Waals surface area contributed by atoms with Crippen molar-refractivity contribution >= 4 is 40.1 Å². The van der Waals surface area contributed by atoms with E-state index in [0.29, 0.717) is 91.8 Å². The molecular weight excluding hydrogens is 906 g/mol. The van der Waals surface area contributed by atoms with Gasteiger partial charge in [-0.05, 0) is 86.1 Å². The van der Waals surface area contributed by atoms with Crippen LogP contribution in [-0.4, -0.2) is 153 Å². The zero-order valence-electron chi connectivity index (χ0n) is 40.3. The van der Waals surface area contributed by atoms with Crippen LogP contribution in [0, 0.1) is 18.7 Å². The zero-order chi connectivity index (χ0) is 49.4. The molecule has 18 heteroatoms. The third-order valence-electron chi connectivity index (χ3n) is 13.8. The Kier molecular flexibility index (Phi) is 15.3. The molecule has 3 saturated heterocycles. The summed E-state index contributed by atoms with van der Waals surface area (Å²) >= 11 is 0. The molecule has 0 saturated carbocycles. The first-order valence-electron chi connectivity index (χ1n) is 24.5. The number of piperazine rings is 2. The number of hydrogen-bond acceptors (Lipinski definition) is 12. The molecule has 3 N–H and O–H groups in total. The third kappa shape index (κ3) is 11.9. The monoisotopic (exact) mass is 965 g/mol. The fraction of sp³-hybridized carbons (Fsp3) is 0.396. The highest BCUT2D eigenvalue weighted by atomic mass is 19.1. The summed E-state index contributed by atoms with van der Waals surface area (Å²) in [6.07, 6.45) is 6.35. The topological polar surface area (TPSA) is 193 Å². The van der Waals surface area contributed by atoms with E-state index in [4.69, 9.17) is 4.42 Å². The second-order valence-corrected chi connectivity index (χ2v) is 18.7. The standard InChI is InChI=1S/C53H60FN11O6/c1-3-36-7-6-8-39(25-36)40-28-46(58-47(66)30-55-31-48-57-35(2)34-71-48)50(56-29-40)53(70)65-19-17-62(18-20-65)32-37-13-15-61(16-14-37)33-49(67)63-21-23-64(24-22-63)52(69)43-26-38(11-12-44(43)54)27-45-41-9-4-5-10-42(41)51(68)60-59-45/h4-12,25-26,28-29,34,37,55H,3,13-24,27,30-33H2,1-2H3,(H,58,66)(H,60,68). The highest BCUT2D eigenvalue weighted by molar-refractivity contribution is 6.03. The van der Waals surface area contributed by atoms with Gasteiger partial charge in [-0.3, -0.25) is 39.1 Å². The van der Waals surface area contributed by atoms with Crippen LogP contribution in [-0.2, 0) is 29.0 Å². The first kappa shape index (κ1) is 48.9. The number of oxazole rings is 1. The Morgan fingerprint density at radius 3 is 2.27 bits per heavy atom. The molecule has 0 bridgehead atoms. The van der Waals surface area contributed by atoms with Gasteiger partial charge < -0.3 is 24.4 Å². The summed E-state index contributed by atoms with van der Waals surface area (Å²) in [4.78, 5) is 85.4. The smallest absolute Gasteiger partial charge is 0.274 e. The zero-order valence-corrected chi connectivity index (χ0v) is 40.3. The summed E-state index contributed by atoms with van der Waals surface area (Å²) in [6, 6.07) is 21.6. The van der Waals surface area contributed by atoms with E-state index < -0.39 is 11.7 Å². The van der Waals surface area contributed by atoms with Crippen LogP contribution in [0.1, 0.15) is 69.0 Å². The molecule has 6 aromatic rings. The highest BCUT2D eigenvalue weighted by Gasteiger charge is 2.31. The van der Waals surface area contributed by atoms with Crippen molar-refractivity contribution in [3.05, 3.63) is 141 Å². The number of nitrogens with zero attached hydrogens (tertiary/aromatic N) is 8. The Bertz CT molecular complexity index is 2950. The summed E-state index contributed by atoms with van der Waals surface area (Å²) in [5.41, 5.74) is 5.24. The normalized spacial score (nSPS) is 16.1. The van der Waals surface area contributed by atoms with Crippen LogP contribution in [0.2, 0.25) is 0 Å². The molecule has 3 aliphatic rings. The Labute approximate surface area is 411 Å². The second kappa shape index (κ2) is 22.3. The molecule has 17 nitrogen and oxygen atoms in total. The number of aryl methyl sites for hydroxylation is 2. The molecule has 0 unspecified atom stereocenters. The number of halogens is 1. The molecule has 9 rings (SSSR count). The molecule has 0 radical (unpaired) electrons. The predicted octanol–water partition coefficient (Wildman–Crippen LogP) is 4.76. The minimum Gasteiger partial charge on any atom is -0.447 e. The molecule has 0 aliphatic carbocycles. The fourth-order valence-corrected chi connectivity index (χ4v) is 9.76. The molecule has 71 heavy (non-hydrogen) atoms. The lowest BCUT2D eigenvalue weighted by atomic mass is 9.96. The molecule has 3 aromatic heterocycles. The Hall–Kier alpha value is -7.15. The van der Waals surface area contributed by atoms with Crippen molar-refractivity contribution < 1.29 is 28.0 Å². The van der Waals surface area contributed by atoms with E-state index in [0.717, 1.165) is 68.8 Å². The number of fused-ring (bicyclic) bond motifs is 1. The van der Waals surface area contributed by atoms with Crippen LogP contribution in [0.5, 0.6) is 0 Å². The van der Waals surface area contributed by atoms with E-state index in [1.165, 1.54) is 11.6 Å². The van der Waals surface area contributed by atoms with Gasteiger partial charge in [0.05, 0.1) is 47.7 Å². The van der Waals surface area contributed by atoms with E-state index in [9.17, 15) is 24.0 Å². The van der Waals surface area contributed by atoms with Crippen LogP contribution >= 0.6 is 0 Å². The Morgan fingerprint density at radius 1 is 0.789 bits per heavy atom. The summed E-state index contributed by atoms with van der Waals surface area (Å²) in [7, 11) is 0. The van der Waals surface area contributed by atoms with Crippen molar-refractivity contribution in [1.82, 2.24) is 50.0 Å². The number of piperidine rings is 1. The van der Waals surface area contributed by atoms with Crippen molar-refractivity contribution in [3.8, 4) is 11.1 Å². The largest absolute Gasteiger partial charge is 0.447 e. The lowest BCUT2D eigenvalue weighted by Crippen LogP contribution is -2.53. The summed E-state index contributed by atoms with van der Waals surface area (Å²) < 4.78 is 20.5. The van der Waals surface area contributed by atoms with Gasteiger partial charge in [0.15, 0.2) is 5.69 Å². The van der Waals surface area contributed by atoms with E-state index in [1.54, 1.807) is 46.5 Å². The van der Waals surface area contributed by atoms with Crippen molar-refractivity contribution in [1.29, 1.82) is 0 Å². The van der Waals surface area contributed by atoms with E-state index in [1.807, 2.05) is 42.2 Å². The number of H-pyrrole nitrogens is 1. The number of aromatic nitrogens is 4. The number of amides is 4. The molecule has 6 heterocycles. The van der Waals surface area contributed by atoms with Gasteiger partial charge in [0.2, 0.25) is 17.7 Å². The molecule has 3 aliphatic heterocycles. The predicted molar refractivity (Wildman–Crippen MR) is 266 cm³/mol. The SMILES string of the molecule is CCc1cccc(-c2cnc(C(=O)N3CCN(CC4CCN(CC(=O)N5CCN(C(=O)c6cc(Cc7n[nH]c(=O)c8ccccc78)ccc6F)CC5)CC4)CC3)c(NC(=O)CNCc3nc(C)co3)c2)c1. The number of pyridine rings is 1. The quantitative estimate of drug-likeness (QED) is 0.128. The third-order valence-corrected chi connectivity index (χ3v) is 13.8. The average molecular weight is 966 g/mol. The number of rotatable bonds is 15. The molecular formula is C53H60FN11O6. The van der Waals surface area contributed by atoms with Crippen LogP contribution in [0.4, 0.5) is 10.1 Å². The molecule has 370 valence electrons. The maximum Gasteiger partial charge on any atom is 0.274 e. The van der Waals surface area contributed by atoms with Gasteiger partial charge in [-0.25, -0.2) is 19.5 Å². The van der Waals surface area contributed by atoms with Crippen LogP contribution in [0.25, 0.3) is 21.9 Å². The summed E-state index contributed by atoms with van der Waals surface area (Å²) in [6.45, 7) is 10.9. The molecule has 0 atom stereocenters. The fourth-order valence-electron chi connectivity index (χ4n) is 9.76. The van der Waals surface area contributed by atoms with E-state index in [-0.39, 0.29) is 47.6 Å². The molecule has 3 aromatic carbocycles. The minimum atomic E-state index is -0.612. The number of carbonyl (C=O) groups is 4. The van der Waals surface area contributed by atoms with Crippen molar-refractivity contribution in [2.45, 2.75) is 46.1 Å². The number of aromatic amines is 1. The number of anilines is 1. The van der Waals surface area contributed by atoms with Gasteiger partial charge in [-0.15, -0.1) is 0 Å². The summed E-state index contributed by atoms with van der Waals surface area (Å²) in [5.74, 6) is -0.602. The highest BCUT2D eigenvalue weighted by Crippen LogP contribution is 2.28. The number of nitrogens with one attached hydrogen (secondary N) is 3. The Morgan fingerprint density at radius 2 is 1.52 bits per heavy atom. The van der Waals surface area contributed by atoms with Gasteiger partial charge in [0.25, 0.3) is 17.4 Å². The maximum absolute atomic E-state index is 15.1. The first-order chi connectivity index (χ1) is 34.5. The molecule has 4 amide bonds. The number of hydrogen-bond donors (Lipinski definition) is 3. The lowest BCUT2D eigenvalue weighted by Gasteiger charge is -2.39. The minimum absolute atomic E-state index is 0.0127. The van der Waals surface area contributed by atoms with Crippen LogP contribution in [0.15, 0.2) is 94.5 Å². The lowest BCUT2D eigenvalue weighted by molar-refractivity contribution is -0.134. The molecule has 3 fully saturated rings. The van der Waals surface area contributed by atoms with Crippen LogP contribution < -0.4 is 16.2 Å². The van der Waals surface area contributed by atoms with Gasteiger partial charge in [0, 0.05) is 82.5 Å². The number of benzene rings is 3. The maximum atomic E-state index is 15.1. The molecule has 0 spiro atoms. The van der Waals surface area contributed by atoms with Gasteiger partial charge in [-0.1, -0.05) is 55.5 Å². The van der Waals surface area contributed by atoms with Gasteiger partial charge >= 0.3 is 0 Å². The van der Waals surface area contributed by atoms with Crippen molar-refractivity contribution in [3.63, 3.8) is 0 Å². The van der Waals surface area contributed by atoms with E-state index in [2.05, 4.69) is 59.7 Å². The second-order valence-electron chi connectivity index (χ2n) is 18.7. The summed E-state index contributed by atoms with van der Waals surface area (Å²) in [5, 5.41) is 14.0. The van der Waals surface area contributed by atoms with Crippen molar-refractivity contribution in [2.24, 2.45) is 5.92 Å². The first-order valence-corrected chi connectivity index (χ1v) is 24.5. The Balaban J connectivity index is 0.721. The van der Waals surface area contributed by atoms with Crippen LogP contribution in [0.3, 0.4) is 0 Å². The van der Waals surface area contributed by atoms with Gasteiger partial charge in [-0.2, -0.15) is 5.10 Å². The number of likely N-dealkylation sites (tertiary alicyclic amines) is 1. The van der Waals surface area contributed by atoms with Gasteiger partial charge in [0.1, 0.15) is 12.1 Å². The number of carbonyl (C=O) groups excluding carboxylic acids is 4. The van der Waals surface area contributed by atoms with E-state index >= 15 is 4.39 Å². The van der Waals surface area contributed by atoms with Crippen molar-refractivity contribution in [2.75, 3.05) is 90.4 Å². The average Bonchev–Trinajstić information content (AvgIpc) is 3.82.